The van der Waals surface area contributed by atoms with Crippen molar-refractivity contribution in [3.63, 3.8) is 0 Å². The van der Waals surface area contributed by atoms with Crippen LogP contribution in [0.1, 0.15) is 17.0 Å². The maximum Gasteiger partial charge on any atom is 0.492 e. The quantitative estimate of drug-likeness (QED) is 0.823. The van der Waals surface area contributed by atoms with Crippen molar-refractivity contribution in [2.75, 3.05) is 6.61 Å². The maximum atomic E-state index is 13.2. The van der Waals surface area contributed by atoms with Crippen LogP contribution in [0.3, 0.4) is 0 Å². The van der Waals surface area contributed by atoms with Crippen LogP contribution in [0.15, 0.2) is 42.5 Å². The fraction of sp³-hybridized carbons (Fsp3) is 0.200. The fourth-order valence-electron chi connectivity index (χ4n) is 2.55. The summed E-state index contributed by atoms with van der Waals surface area (Å²) in [6.45, 7) is 0.403. The van der Waals surface area contributed by atoms with Crippen molar-refractivity contribution in [3.8, 4) is 5.75 Å². The Labute approximate surface area is 116 Å². The third-order valence-corrected chi connectivity index (χ3v) is 3.66. The van der Waals surface area contributed by atoms with Crippen LogP contribution < -0.4 is 10.2 Å². The predicted octanol–water partition coefficient (Wildman–Crippen LogP) is 1.22. The Morgan fingerprint density at radius 1 is 1.20 bits per heavy atom. The Morgan fingerprint density at radius 2 is 2.00 bits per heavy atom. The zero-order valence-corrected chi connectivity index (χ0v) is 10.8. The third kappa shape index (κ3) is 2.42. The van der Waals surface area contributed by atoms with Crippen LogP contribution in [0.4, 0.5) is 4.39 Å². The van der Waals surface area contributed by atoms with E-state index in [0.717, 1.165) is 6.42 Å². The lowest BCUT2D eigenvalue weighted by Crippen LogP contribution is -2.32. The number of halogens is 1. The lowest BCUT2D eigenvalue weighted by atomic mass is 9.78. The van der Waals surface area contributed by atoms with Crippen LogP contribution in [-0.2, 0) is 6.42 Å². The second-order valence-electron chi connectivity index (χ2n) is 4.97. The van der Waals surface area contributed by atoms with Gasteiger partial charge in [0.05, 0.1) is 6.61 Å². The molecule has 2 aromatic carbocycles. The van der Waals surface area contributed by atoms with Gasteiger partial charge in [-0.25, -0.2) is 4.39 Å². The van der Waals surface area contributed by atoms with E-state index in [0.29, 0.717) is 6.61 Å². The first-order chi connectivity index (χ1) is 9.65. The molecule has 0 bridgehead atoms. The highest BCUT2D eigenvalue weighted by molar-refractivity contribution is 6.59. The van der Waals surface area contributed by atoms with E-state index in [1.807, 2.05) is 12.1 Å². The summed E-state index contributed by atoms with van der Waals surface area (Å²) in [6.07, 6.45) is 0.933. The molecule has 0 fully saturated rings. The second kappa shape index (κ2) is 5.27. The summed E-state index contributed by atoms with van der Waals surface area (Å²) >= 11 is 0. The summed E-state index contributed by atoms with van der Waals surface area (Å²) in [5.74, 6) is 0.000874. The molecular weight excluding hydrogens is 258 g/mol. The van der Waals surface area contributed by atoms with E-state index in [-0.39, 0.29) is 17.1 Å². The summed E-state index contributed by atoms with van der Waals surface area (Å²) in [5.41, 5.74) is 2.73. The second-order valence-corrected chi connectivity index (χ2v) is 4.97. The van der Waals surface area contributed by atoms with Gasteiger partial charge in [0.1, 0.15) is 11.6 Å². The van der Waals surface area contributed by atoms with Gasteiger partial charge < -0.3 is 14.8 Å². The molecule has 1 unspecified atom stereocenters. The van der Waals surface area contributed by atoms with Crippen molar-refractivity contribution >= 4 is 12.6 Å². The van der Waals surface area contributed by atoms with Crippen LogP contribution in [-0.4, -0.2) is 23.8 Å². The highest BCUT2D eigenvalue weighted by Gasteiger charge is 2.27. The third-order valence-electron chi connectivity index (χ3n) is 3.66. The maximum absolute atomic E-state index is 13.2. The topological polar surface area (TPSA) is 49.7 Å². The van der Waals surface area contributed by atoms with E-state index < -0.39 is 12.9 Å². The SMILES string of the molecule is OB(O)c1ccc(F)cc1OCC1Cc2ccccc21. The monoisotopic (exact) mass is 272 g/mol. The van der Waals surface area contributed by atoms with E-state index in [4.69, 9.17) is 4.74 Å². The Hall–Kier alpha value is -1.85. The van der Waals surface area contributed by atoms with Gasteiger partial charge in [-0.05, 0) is 23.6 Å². The zero-order chi connectivity index (χ0) is 14.1. The highest BCUT2D eigenvalue weighted by Crippen LogP contribution is 2.34. The zero-order valence-electron chi connectivity index (χ0n) is 10.8. The van der Waals surface area contributed by atoms with Gasteiger partial charge in [-0.15, -0.1) is 0 Å². The molecule has 2 N–H and O–H groups in total. The van der Waals surface area contributed by atoms with Crippen LogP contribution in [0.25, 0.3) is 0 Å². The molecule has 1 aliphatic carbocycles. The minimum Gasteiger partial charge on any atom is -0.493 e. The summed E-state index contributed by atoms with van der Waals surface area (Å²) in [5, 5.41) is 18.5. The van der Waals surface area contributed by atoms with Crippen LogP contribution >= 0.6 is 0 Å². The molecule has 0 amide bonds. The number of hydrogen-bond donors (Lipinski definition) is 2. The van der Waals surface area contributed by atoms with Gasteiger partial charge in [0.25, 0.3) is 0 Å². The van der Waals surface area contributed by atoms with Crippen LogP contribution in [0, 0.1) is 5.82 Å². The first kappa shape index (κ1) is 13.2. The molecule has 5 heteroatoms. The van der Waals surface area contributed by atoms with Gasteiger partial charge in [0.15, 0.2) is 0 Å². The fourth-order valence-corrected chi connectivity index (χ4v) is 2.55. The molecule has 3 nitrogen and oxygen atoms in total. The first-order valence-corrected chi connectivity index (χ1v) is 6.51. The molecular formula is C15H14BFO3. The lowest BCUT2D eigenvalue weighted by Gasteiger charge is -2.30. The number of rotatable bonds is 4. The molecule has 0 aromatic heterocycles. The average molecular weight is 272 g/mol. The summed E-state index contributed by atoms with van der Waals surface area (Å²) in [6, 6.07) is 11.8. The van der Waals surface area contributed by atoms with Crippen LogP contribution in [0.2, 0.25) is 0 Å². The molecule has 0 saturated carbocycles. The van der Waals surface area contributed by atoms with Crippen molar-refractivity contribution in [3.05, 3.63) is 59.4 Å². The smallest absolute Gasteiger partial charge is 0.492 e. The van der Waals surface area contributed by atoms with Crippen molar-refractivity contribution in [1.82, 2.24) is 0 Å². The van der Waals surface area contributed by atoms with Gasteiger partial charge in [-0.3, -0.25) is 0 Å². The number of hydrogen-bond acceptors (Lipinski definition) is 3. The average Bonchev–Trinajstić information content (AvgIpc) is 2.39. The lowest BCUT2D eigenvalue weighted by molar-refractivity contribution is 0.275. The molecule has 1 atom stereocenters. The molecule has 102 valence electrons. The summed E-state index contributed by atoms with van der Waals surface area (Å²) < 4.78 is 18.8. The van der Waals surface area contributed by atoms with E-state index in [1.54, 1.807) is 0 Å². The number of ether oxygens (including phenoxy) is 1. The molecule has 0 spiro atoms. The van der Waals surface area contributed by atoms with E-state index in [2.05, 4.69) is 12.1 Å². The molecule has 2 aromatic rings. The Morgan fingerprint density at radius 3 is 2.75 bits per heavy atom. The van der Waals surface area contributed by atoms with Crippen molar-refractivity contribution in [2.24, 2.45) is 0 Å². The van der Waals surface area contributed by atoms with Gasteiger partial charge >= 0.3 is 7.12 Å². The van der Waals surface area contributed by atoms with Gasteiger partial charge in [-0.2, -0.15) is 0 Å². The highest BCUT2D eigenvalue weighted by atomic mass is 19.1. The molecule has 0 aliphatic heterocycles. The van der Waals surface area contributed by atoms with E-state index in [9.17, 15) is 14.4 Å². The van der Waals surface area contributed by atoms with Gasteiger partial charge in [0.2, 0.25) is 0 Å². The standard InChI is InChI=1S/C15H14BFO3/c17-12-5-6-14(16(18)19)15(8-12)20-9-11-7-10-3-1-2-4-13(10)11/h1-6,8,11,18-19H,7,9H2. The molecule has 0 heterocycles. The molecule has 20 heavy (non-hydrogen) atoms. The van der Waals surface area contributed by atoms with E-state index in [1.165, 1.54) is 29.3 Å². The Balaban J connectivity index is 1.72. The summed E-state index contributed by atoms with van der Waals surface area (Å²) in [7, 11) is -1.67. The minimum absolute atomic E-state index is 0.180. The summed E-state index contributed by atoms with van der Waals surface area (Å²) in [4.78, 5) is 0. The van der Waals surface area contributed by atoms with Gasteiger partial charge in [-0.1, -0.05) is 30.3 Å². The van der Waals surface area contributed by atoms with Crippen molar-refractivity contribution in [2.45, 2.75) is 12.3 Å². The Kier molecular flexibility index (Phi) is 3.46. The molecule has 0 saturated heterocycles. The number of benzene rings is 2. The van der Waals surface area contributed by atoms with Crippen molar-refractivity contribution < 1.29 is 19.2 Å². The predicted molar refractivity (Wildman–Crippen MR) is 74.6 cm³/mol. The normalized spacial score (nSPS) is 16.2. The van der Waals surface area contributed by atoms with Crippen LogP contribution in [0.5, 0.6) is 5.75 Å². The molecule has 0 radical (unpaired) electrons. The first-order valence-electron chi connectivity index (χ1n) is 6.51. The molecule has 1 aliphatic rings. The number of fused-ring (bicyclic) bond motifs is 1. The van der Waals surface area contributed by atoms with Crippen molar-refractivity contribution in [1.29, 1.82) is 0 Å². The van der Waals surface area contributed by atoms with E-state index >= 15 is 0 Å². The van der Waals surface area contributed by atoms with Gasteiger partial charge in [0, 0.05) is 17.4 Å². The Bertz CT molecular complexity index is 630. The minimum atomic E-state index is -1.67. The largest absolute Gasteiger partial charge is 0.493 e. The molecule has 3 rings (SSSR count).